The number of nitrogens with two attached hydrogens (primary N) is 1. The molecule has 8 heteroatoms. The standard InChI is InChI=1S/C19H25FN4OS.ClH/c1-13(25)24(16-6-4-14(20)5-7-16)18-22-15(11-26-18)10-23-9-8-17(21)19(2,3)12-23;/h4-7,11,17H,8-10,12,21H2,1-3H3;1H. The first-order chi connectivity index (χ1) is 12.3. The first-order valence-corrected chi connectivity index (χ1v) is 9.63. The number of rotatable bonds is 4. The second-order valence-corrected chi connectivity index (χ2v) is 8.38. The van der Waals surface area contributed by atoms with Crippen molar-refractivity contribution in [3.8, 4) is 0 Å². The van der Waals surface area contributed by atoms with Crippen LogP contribution in [0.3, 0.4) is 0 Å². The molecule has 0 bridgehead atoms. The number of likely N-dealkylation sites (tertiary alicyclic amines) is 1. The average Bonchev–Trinajstić information content (AvgIpc) is 3.00. The summed E-state index contributed by atoms with van der Waals surface area (Å²) in [5, 5.41) is 2.59. The molecule has 1 aliphatic heterocycles. The van der Waals surface area contributed by atoms with Crippen molar-refractivity contribution < 1.29 is 9.18 Å². The summed E-state index contributed by atoms with van der Waals surface area (Å²) < 4.78 is 13.2. The molecule has 0 aliphatic carbocycles. The summed E-state index contributed by atoms with van der Waals surface area (Å²) >= 11 is 1.42. The first-order valence-electron chi connectivity index (χ1n) is 8.75. The lowest BCUT2D eigenvalue weighted by Crippen LogP contribution is -2.52. The summed E-state index contributed by atoms with van der Waals surface area (Å²) in [5.74, 6) is -0.481. The molecule has 1 fully saturated rings. The Morgan fingerprint density at radius 3 is 2.67 bits per heavy atom. The Morgan fingerprint density at radius 2 is 2.07 bits per heavy atom. The molecule has 0 spiro atoms. The lowest BCUT2D eigenvalue weighted by atomic mass is 9.80. The van der Waals surface area contributed by atoms with Crippen molar-refractivity contribution in [2.24, 2.45) is 11.1 Å². The van der Waals surface area contributed by atoms with Crippen molar-refractivity contribution in [3.63, 3.8) is 0 Å². The van der Waals surface area contributed by atoms with Crippen molar-refractivity contribution >= 4 is 40.5 Å². The summed E-state index contributed by atoms with van der Waals surface area (Å²) in [5.41, 5.74) is 7.84. The van der Waals surface area contributed by atoms with E-state index in [0.717, 1.165) is 31.7 Å². The van der Waals surface area contributed by atoms with E-state index in [1.165, 1.54) is 35.3 Å². The highest BCUT2D eigenvalue weighted by molar-refractivity contribution is 7.14. The van der Waals surface area contributed by atoms with Crippen LogP contribution in [0.4, 0.5) is 15.2 Å². The molecular formula is C19H26ClFN4OS. The molecule has 1 aliphatic rings. The smallest absolute Gasteiger partial charge is 0.230 e. The number of hydrogen-bond acceptors (Lipinski definition) is 5. The van der Waals surface area contributed by atoms with Gasteiger partial charge in [0.1, 0.15) is 5.82 Å². The summed E-state index contributed by atoms with van der Waals surface area (Å²) in [6.07, 6.45) is 0.971. The van der Waals surface area contributed by atoms with Gasteiger partial charge in [0.15, 0.2) is 5.13 Å². The van der Waals surface area contributed by atoms with Crippen molar-refractivity contribution in [2.75, 3.05) is 18.0 Å². The third kappa shape index (κ3) is 5.04. The Labute approximate surface area is 169 Å². The average molecular weight is 413 g/mol. The van der Waals surface area contributed by atoms with E-state index in [9.17, 15) is 9.18 Å². The third-order valence-electron chi connectivity index (χ3n) is 4.91. The van der Waals surface area contributed by atoms with Crippen LogP contribution in [0.25, 0.3) is 0 Å². The lowest BCUT2D eigenvalue weighted by molar-refractivity contribution is -0.115. The molecule has 2 heterocycles. The van der Waals surface area contributed by atoms with Crippen LogP contribution >= 0.6 is 23.7 Å². The quantitative estimate of drug-likeness (QED) is 0.825. The number of thiazole rings is 1. The summed E-state index contributed by atoms with van der Waals surface area (Å²) in [4.78, 5) is 20.7. The molecule has 3 rings (SSSR count). The molecule has 5 nitrogen and oxygen atoms in total. The van der Waals surface area contributed by atoms with E-state index in [-0.39, 0.29) is 35.6 Å². The van der Waals surface area contributed by atoms with Crippen molar-refractivity contribution in [2.45, 2.75) is 39.8 Å². The van der Waals surface area contributed by atoms with E-state index in [2.05, 4.69) is 23.7 Å². The van der Waals surface area contributed by atoms with Crippen molar-refractivity contribution in [1.82, 2.24) is 9.88 Å². The summed E-state index contributed by atoms with van der Waals surface area (Å²) in [7, 11) is 0. The maximum absolute atomic E-state index is 13.2. The van der Waals surface area contributed by atoms with Gasteiger partial charge in [-0.2, -0.15) is 0 Å². The summed E-state index contributed by atoms with van der Waals surface area (Å²) in [6.45, 7) is 8.49. The van der Waals surface area contributed by atoms with E-state index < -0.39 is 0 Å². The number of amides is 1. The molecule has 2 aromatic rings. The molecular weight excluding hydrogens is 387 g/mol. The minimum absolute atomic E-state index is 0. The van der Waals surface area contributed by atoms with Crippen LogP contribution in [-0.2, 0) is 11.3 Å². The van der Waals surface area contributed by atoms with Gasteiger partial charge in [-0.1, -0.05) is 13.8 Å². The number of carbonyl (C=O) groups is 1. The van der Waals surface area contributed by atoms with Crippen molar-refractivity contribution in [1.29, 1.82) is 0 Å². The van der Waals surface area contributed by atoms with Gasteiger partial charge >= 0.3 is 0 Å². The molecule has 1 unspecified atom stereocenters. The fourth-order valence-corrected chi connectivity index (χ4v) is 4.22. The molecule has 148 valence electrons. The van der Waals surface area contributed by atoms with Gasteiger partial charge in [-0.15, -0.1) is 23.7 Å². The highest BCUT2D eigenvalue weighted by atomic mass is 35.5. The van der Waals surface area contributed by atoms with Crippen LogP contribution in [-0.4, -0.2) is 34.9 Å². The number of piperidine rings is 1. The van der Waals surface area contributed by atoms with E-state index in [0.29, 0.717) is 10.8 Å². The third-order valence-corrected chi connectivity index (χ3v) is 5.78. The molecule has 1 amide bonds. The normalized spacial score (nSPS) is 19.4. The number of carbonyl (C=O) groups excluding carboxylic acids is 1. The Bertz CT molecular complexity index is 780. The zero-order valence-corrected chi connectivity index (χ0v) is 17.4. The Morgan fingerprint density at radius 1 is 1.41 bits per heavy atom. The van der Waals surface area contributed by atoms with Gasteiger partial charge in [-0.3, -0.25) is 14.6 Å². The fourth-order valence-electron chi connectivity index (χ4n) is 3.34. The molecule has 2 N–H and O–H groups in total. The first kappa shape index (κ1) is 21.8. The second kappa shape index (κ2) is 8.65. The molecule has 1 atom stereocenters. The topological polar surface area (TPSA) is 62.5 Å². The molecule has 1 aromatic carbocycles. The lowest BCUT2D eigenvalue weighted by Gasteiger charge is -2.42. The predicted octanol–water partition coefficient (Wildman–Crippen LogP) is 3.95. The van der Waals surface area contributed by atoms with Gasteiger partial charge in [-0.25, -0.2) is 9.37 Å². The maximum atomic E-state index is 13.2. The highest BCUT2D eigenvalue weighted by Gasteiger charge is 2.33. The van der Waals surface area contributed by atoms with E-state index in [4.69, 9.17) is 5.73 Å². The van der Waals surface area contributed by atoms with Crippen LogP contribution in [0.1, 0.15) is 32.9 Å². The van der Waals surface area contributed by atoms with Crippen LogP contribution in [0.15, 0.2) is 29.6 Å². The Hall–Kier alpha value is -1.54. The van der Waals surface area contributed by atoms with Gasteiger partial charge in [-0.05, 0) is 36.1 Å². The SMILES string of the molecule is CC(=O)N(c1ccc(F)cc1)c1nc(CN2CCC(N)C(C)(C)C2)cs1.Cl. The van der Waals surface area contributed by atoms with E-state index in [1.54, 1.807) is 12.1 Å². The van der Waals surface area contributed by atoms with Gasteiger partial charge < -0.3 is 5.73 Å². The monoisotopic (exact) mass is 412 g/mol. The fraction of sp³-hybridized carbons (Fsp3) is 0.474. The number of nitrogens with zero attached hydrogens (tertiary/aromatic N) is 3. The van der Waals surface area contributed by atoms with Crippen LogP contribution < -0.4 is 10.6 Å². The summed E-state index contributed by atoms with van der Waals surface area (Å²) in [6, 6.07) is 6.09. The minimum atomic E-state index is -0.331. The van der Waals surface area contributed by atoms with E-state index in [1.807, 2.05) is 5.38 Å². The Kier molecular flexibility index (Phi) is 6.97. The molecule has 0 saturated carbocycles. The van der Waals surface area contributed by atoms with Crippen LogP contribution in [0.5, 0.6) is 0 Å². The maximum Gasteiger partial charge on any atom is 0.230 e. The number of anilines is 2. The molecule has 27 heavy (non-hydrogen) atoms. The zero-order chi connectivity index (χ0) is 18.9. The number of aromatic nitrogens is 1. The molecule has 1 saturated heterocycles. The van der Waals surface area contributed by atoms with Crippen LogP contribution in [0, 0.1) is 11.2 Å². The Balaban J connectivity index is 0.00000261. The van der Waals surface area contributed by atoms with E-state index >= 15 is 0 Å². The van der Waals surface area contributed by atoms with Gasteiger partial charge in [0, 0.05) is 38.0 Å². The van der Waals surface area contributed by atoms with Gasteiger partial charge in [0.2, 0.25) is 5.91 Å². The molecule has 1 aromatic heterocycles. The van der Waals surface area contributed by atoms with Crippen molar-refractivity contribution in [3.05, 3.63) is 41.2 Å². The zero-order valence-electron chi connectivity index (χ0n) is 15.8. The number of halogens is 2. The molecule has 0 radical (unpaired) electrons. The minimum Gasteiger partial charge on any atom is -0.327 e. The predicted molar refractivity (Wildman–Crippen MR) is 110 cm³/mol. The van der Waals surface area contributed by atoms with Gasteiger partial charge in [0.05, 0.1) is 11.4 Å². The largest absolute Gasteiger partial charge is 0.327 e. The number of benzene rings is 1. The highest BCUT2D eigenvalue weighted by Crippen LogP contribution is 2.31. The van der Waals surface area contributed by atoms with Gasteiger partial charge in [0.25, 0.3) is 0 Å². The second-order valence-electron chi connectivity index (χ2n) is 7.55. The van der Waals surface area contributed by atoms with Crippen LogP contribution in [0.2, 0.25) is 0 Å². The number of hydrogen-bond donors (Lipinski definition) is 1.